The molecule has 2 aliphatic heterocycles. The highest BCUT2D eigenvalue weighted by Crippen LogP contribution is 2.32. The zero-order chi connectivity index (χ0) is 20.1. The van der Waals surface area contributed by atoms with Crippen LogP contribution in [0.25, 0.3) is 6.08 Å². The van der Waals surface area contributed by atoms with Crippen molar-refractivity contribution < 1.29 is 19.0 Å². The fraction of sp³-hybridized carbons (Fsp3) is 0.400. The molecule has 4 rings (SSSR count). The van der Waals surface area contributed by atoms with Crippen LogP contribution in [0, 0.1) is 0 Å². The van der Waals surface area contributed by atoms with Crippen LogP contribution in [0.3, 0.4) is 0 Å². The van der Waals surface area contributed by atoms with Gasteiger partial charge in [-0.3, -0.25) is 4.79 Å². The average Bonchev–Trinajstić information content (AvgIpc) is 3.24. The Morgan fingerprint density at radius 2 is 2.00 bits per heavy atom. The minimum absolute atomic E-state index is 0.185. The van der Waals surface area contributed by atoms with Gasteiger partial charge in [-0.1, -0.05) is 6.07 Å². The molecule has 1 fully saturated rings. The third-order valence-corrected chi connectivity index (χ3v) is 4.72. The Hall–Kier alpha value is -3.36. The smallest absolute Gasteiger partial charge is 0.321 e. The summed E-state index contributed by atoms with van der Waals surface area (Å²) >= 11 is 0. The van der Waals surface area contributed by atoms with Crippen molar-refractivity contribution in [1.29, 1.82) is 0 Å². The summed E-state index contributed by atoms with van der Waals surface area (Å²) in [5.74, 6) is 2.19. The molecule has 1 aromatic heterocycles. The van der Waals surface area contributed by atoms with Gasteiger partial charge in [-0.2, -0.15) is 15.0 Å². The van der Waals surface area contributed by atoms with E-state index in [1.165, 1.54) is 19.6 Å². The SMILES string of the molecule is COc1nc(CNC(=O)/C=C/c2ccc3c(c2)OCO3)nc(N2CCCCC2)n1. The fourth-order valence-corrected chi connectivity index (χ4v) is 3.21. The molecule has 0 radical (unpaired) electrons. The molecule has 2 aromatic rings. The van der Waals surface area contributed by atoms with Gasteiger partial charge in [-0.15, -0.1) is 0 Å². The molecular weight excluding hydrogens is 374 g/mol. The quantitative estimate of drug-likeness (QED) is 0.739. The first-order valence-corrected chi connectivity index (χ1v) is 9.61. The molecule has 1 saturated heterocycles. The lowest BCUT2D eigenvalue weighted by Crippen LogP contribution is -2.32. The summed E-state index contributed by atoms with van der Waals surface area (Å²) in [4.78, 5) is 27.4. The number of ether oxygens (including phenoxy) is 3. The van der Waals surface area contributed by atoms with Crippen LogP contribution in [0.5, 0.6) is 17.5 Å². The number of hydrogen-bond donors (Lipinski definition) is 1. The van der Waals surface area contributed by atoms with Crippen molar-refractivity contribution in [3.63, 3.8) is 0 Å². The molecule has 1 amide bonds. The van der Waals surface area contributed by atoms with Crippen LogP contribution >= 0.6 is 0 Å². The van der Waals surface area contributed by atoms with Crippen molar-refractivity contribution in [2.45, 2.75) is 25.8 Å². The van der Waals surface area contributed by atoms with Gasteiger partial charge in [0.2, 0.25) is 18.6 Å². The molecule has 1 aromatic carbocycles. The highest BCUT2D eigenvalue weighted by Gasteiger charge is 2.17. The van der Waals surface area contributed by atoms with Gasteiger partial charge >= 0.3 is 6.01 Å². The average molecular weight is 397 g/mol. The number of piperidine rings is 1. The van der Waals surface area contributed by atoms with Crippen molar-refractivity contribution in [3.8, 4) is 17.5 Å². The Morgan fingerprint density at radius 3 is 2.83 bits per heavy atom. The second-order valence-electron chi connectivity index (χ2n) is 6.75. The van der Waals surface area contributed by atoms with Crippen LogP contribution in [0.1, 0.15) is 30.7 Å². The van der Waals surface area contributed by atoms with Gasteiger partial charge < -0.3 is 24.4 Å². The molecule has 0 aliphatic carbocycles. The van der Waals surface area contributed by atoms with Crippen molar-refractivity contribution in [1.82, 2.24) is 20.3 Å². The van der Waals surface area contributed by atoms with E-state index < -0.39 is 0 Å². The largest absolute Gasteiger partial charge is 0.467 e. The number of carbonyl (C=O) groups excluding carboxylic acids is 1. The van der Waals surface area contributed by atoms with Gasteiger partial charge in [-0.05, 0) is 43.0 Å². The summed E-state index contributed by atoms with van der Waals surface area (Å²) in [6.07, 6.45) is 6.62. The van der Waals surface area contributed by atoms with Crippen LogP contribution in [0.2, 0.25) is 0 Å². The minimum Gasteiger partial charge on any atom is -0.467 e. The monoisotopic (exact) mass is 397 g/mol. The normalized spacial score (nSPS) is 15.6. The zero-order valence-corrected chi connectivity index (χ0v) is 16.3. The van der Waals surface area contributed by atoms with Gasteiger partial charge in [0.25, 0.3) is 0 Å². The van der Waals surface area contributed by atoms with E-state index in [4.69, 9.17) is 14.2 Å². The number of nitrogens with zero attached hydrogens (tertiary/aromatic N) is 4. The predicted molar refractivity (Wildman–Crippen MR) is 106 cm³/mol. The Balaban J connectivity index is 1.38. The Morgan fingerprint density at radius 1 is 1.17 bits per heavy atom. The van der Waals surface area contributed by atoms with Crippen LogP contribution in [0.4, 0.5) is 5.95 Å². The minimum atomic E-state index is -0.249. The summed E-state index contributed by atoms with van der Waals surface area (Å²) in [5.41, 5.74) is 0.846. The Labute approximate surface area is 168 Å². The van der Waals surface area contributed by atoms with E-state index >= 15 is 0 Å². The first-order valence-electron chi connectivity index (χ1n) is 9.61. The molecule has 0 saturated carbocycles. The fourth-order valence-electron chi connectivity index (χ4n) is 3.21. The lowest BCUT2D eigenvalue weighted by molar-refractivity contribution is -0.116. The second-order valence-corrected chi connectivity index (χ2v) is 6.75. The third kappa shape index (κ3) is 4.74. The Bertz CT molecular complexity index is 912. The first kappa shape index (κ1) is 19.0. The summed E-state index contributed by atoms with van der Waals surface area (Å²) in [6.45, 7) is 2.23. The number of fused-ring (bicyclic) bond motifs is 1. The van der Waals surface area contributed by atoms with E-state index in [1.54, 1.807) is 6.08 Å². The van der Waals surface area contributed by atoms with Crippen LogP contribution in [0.15, 0.2) is 24.3 Å². The van der Waals surface area contributed by atoms with E-state index in [-0.39, 0.29) is 25.3 Å². The van der Waals surface area contributed by atoms with Crippen molar-refractivity contribution in [2.75, 3.05) is 31.9 Å². The van der Waals surface area contributed by atoms with Gasteiger partial charge in [0, 0.05) is 19.2 Å². The Kier molecular flexibility index (Phi) is 5.73. The number of carbonyl (C=O) groups is 1. The predicted octanol–water partition coefficient (Wildman–Crippen LogP) is 1.93. The van der Waals surface area contributed by atoms with Crippen LogP contribution < -0.4 is 24.4 Å². The van der Waals surface area contributed by atoms with Crippen molar-refractivity contribution in [2.24, 2.45) is 0 Å². The maximum Gasteiger partial charge on any atom is 0.321 e. The zero-order valence-electron chi connectivity index (χ0n) is 16.3. The number of amides is 1. The number of anilines is 1. The van der Waals surface area contributed by atoms with Crippen LogP contribution in [-0.2, 0) is 11.3 Å². The molecule has 9 heteroatoms. The molecule has 0 spiro atoms. The number of methoxy groups -OCH3 is 1. The highest BCUT2D eigenvalue weighted by molar-refractivity contribution is 5.91. The van der Waals surface area contributed by atoms with Gasteiger partial charge in [-0.25, -0.2) is 0 Å². The molecule has 29 heavy (non-hydrogen) atoms. The summed E-state index contributed by atoms with van der Waals surface area (Å²) in [5, 5.41) is 2.79. The van der Waals surface area contributed by atoms with E-state index in [1.807, 2.05) is 18.2 Å². The summed E-state index contributed by atoms with van der Waals surface area (Å²) in [7, 11) is 1.52. The summed E-state index contributed by atoms with van der Waals surface area (Å²) < 4.78 is 15.8. The first-order chi connectivity index (χ1) is 14.2. The van der Waals surface area contributed by atoms with Gasteiger partial charge in [0.05, 0.1) is 13.7 Å². The molecule has 1 N–H and O–H groups in total. The number of rotatable bonds is 6. The summed E-state index contributed by atoms with van der Waals surface area (Å²) in [6, 6.07) is 5.76. The molecule has 2 aliphatic rings. The molecule has 0 unspecified atom stereocenters. The van der Waals surface area contributed by atoms with E-state index in [0.717, 1.165) is 31.5 Å². The second kappa shape index (κ2) is 8.76. The molecular formula is C20H23N5O4. The lowest BCUT2D eigenvalue weighted by atomic mass is 10.1. The van der Waals surface area contributed by atoms with Crippen molar-refractivity contribution >= 4 is 17.9 Å². The maximum absolute atomic E-state index is 12.2. The molecule has 0 atom stereocenters. The molecule has 9 nitrogen and oxygen atoms in total. The van der Waals surface area contributed by atoms with E-state index in [9.17, 15) is 4.79 Å². The van der Waals surface area contributed by atoms with Gasteiger partial charge in [0.1, 0.15) is 0 Å². The number of nitrogens with one attached hydrogen (secondary N) is 1. The van der Waals surface area contributed by atoms with E-state index in [2.05, 4.69) is 25.2 Å². The standard InChI is InChI=1S/C20H23N5O4/c1-27-20-23-17(22-19(24-20)25-9-3-2-4-10-25)12-21-18(26)8-6-14-5-7-15-16(11-14)29-13-28-15/h5-8,11H,2-4,9-10,12-13H2,1H3,(H,21,26)/b8-6+. The topological polar surface area (TPSA) is 98.7 Å². The third-order valence-electron chi connectivity index (χ3n) is 4.72. The maximum atomic E-state index is 12.2. The molecule has 152 valence electrons. The van der Waals surface area contributed by atoms with Crippen molar-refractivity contribution in [3.05, 3.63) is 35.7 Å². The molecule has 3 heterocycles. The van der Waals surface area contributed by atoms with E-state index in [0.29, 0.717) is 23.3 Å². The molecule has 0 bridgehead atoms. The number of hydrogen-bond acceptors (Lipinski definition) is 8. The highest BCUT2D eigenvalue weighted by atomic mass is 16.7. The lowest BCUT2D eigenvalue weighted by Gasteiger charge is -2.26. The number of aromatic nitrogens is 3. The van der Waals surface area contributed by atoms with Crippen LogP contribution in [-0.4, -0.2) is 47.9 Å². The van der Waals surface area contributed by atoms with Gasteiger partial charge in [0.15, 0.2) is 17.3 Å². The number of benzene rings is 1.